The number of hydrogen-bond donors (Lipinski definition) is 5. The number of rotatable bonds is 11. The minimum absolute atomic E-state index is 0.0712. The van der Waals surface area contributed by atoms with Gasteiger partial charge in [0.15, 0.2) is 6.29 Å². The van der Waals surface area contributed by atoms with Gasteiger partial charge >= 0.3 is 0 Å². The number of amides is 3. The average molecular weight is 1910 g/mol. The maximum absolute atomic E-state index is 13.2. The SMILES string of the molecule is Cn1cc(-c2ccc3cnc(NC(=O)CN4CC[C@@H](F)C4)cc3c2)cn1.Cn1cc(C2OC(C)(C)C(C)(C)O2)cn1.F[C@@H]1CCNC1.ICI.Nc1cc2cc(Br)ccc2cn1.O=C(CCl)Nc1cc2cc(Br)ccc2cn1.O=C(CN1CC[C@@H](F)C1)Nc1cc2cc(Br)ccc2cn1.O=C(Cl)CCl. The minimum atomic E-state index is -0.826. The Kier molecular flexibility index (Phi) is 34.6. The number of likely N-dealkylation sites (tertiary alicyclic amines) is 2. The number of carbonyl (C=O) groups is 4. The van der Waals surface area contributed by atoms with Crippen molar-refractivity contribution < 1.29 is 41.8 Å². The zero-order chi connectivity index (χ0) is 75.7. The molecule has 6 N–H and O–H groups in total. The van der Waals surface area contributed by atoms with Crippen molar-refractivity contribution in [3.05, 3.63) is 166 Å². The molecule has 4 aliphatic heterocycles. The van der Waals surface area contributed by atoms with E-state index in [-0.39, 0.29) is 60.1 Å². The number of aryl methyl sites for hydroxylation is 2. The molecule has 10 heterocycles. The van der Waals surface area contributed by atoms with Crippen LogP contribution in [0.15, 0.2) is 160 Å². The quantitative estimate of drug-likeness (QED) is 0.0458. The summed E-state index contributed by atoms with van der Waals surface area (Å²) in [6.45, 7) is 11.9. The van der Waals surface area contributed by atoms with E-state index in [1.807, 2.05) is 161 Å². The van der Waals surface area contributed by atoms with Gasteiger partial charge in [-0.3, -0.25) is 38.3 Å². The molecular weight excluding hydrogens is 1830 g/mol. The fraction of sp³-hybridized carbons (Fsp3) is 0.361. The molecule has 0 aliphatic carbocycles. The number of nitrogens with one attached hydrogen (secondary N) is 4. The number of pyridine rings is 4. The Hall–Kier alpha value is -5.82. The Balaban J connectivity index is 0.000000177. The zero-order valence-electron chi connectivity index (χ0n) is 57.7. The number of nitrogen functional groups attached to an aromatic ring is 1. The molecule has 21 nitrogen and oxygen atoms in total. The third kappa shape index (κ3) is 28.1. The van der Waals surface area contributed by atoms with Crippen LogP contribution in [0.25, 0.3) is 54.2 Å². The predicted molar refractivity (Wildman–Crippen MR) is 438 cm³/mol. The van der Waals surface area contributed by atoms with E-state index in [1.54, 1.807) is 40.3 Å². The van der Waals surface area contributed by atoms with Crippen LogP contribution in [0.1, 0.15) is 58.8 Å². The second-order valence-corrected chi connectivity index (χ2v) is 33.1. The molecule has 4 aliphatic rings. The third-order valence-corrected chi connectivity index (χ3v) is 18.5. The van der Waals surface area contributed by atoms with Crippen LogP contribution in [0, 0.1) is 0 Å². The number of fused-ring (bicyclic) bond motifs is 4. The topological polar surface area (TPSA) is 255 Å². The van der Waals surface area contributed by atoms with Crippen LogP contribution in [0.4, 0.5) is 36.4 Å². The van der Waals surface area contributed by atoms with E-state index >= 15 is 0 Å². The largest absolute Gasteiger partial charge is 0.384 e. The van der Waals surface area contributed by atoms with Crippen molar-refractivity contribution in [1.29, 1.82) is 0 Å². The summed E-state index contributed by atoms with van der Waals surface area (Å²) in [7, 11) is 3.77. The molecule has 556 valence electrons. The first-order valence-electron chi connectivity index (χ1n) is 32.5. The molecule has 14 rings (SSSR count). The van der Waals surface area contributed by atoms with E-state index in [4.69, 9.17) is 50.0 Å². The lowest BCUT2D eigenvalue weighted by Gasteiger charge is -2.30. The number of ether oxygens (including phenoxy) is 2. The number of nitrogens with two attached hydrogens (primary N) is 1. The van der Waals surface area contributed by atoms with Gasteiger partial charge in [0.2, 0.25) is 23.0 Å². The van der Waals surface area contributed by atoms with Crippen LogP contribution in [0.2, 0.25) is 0 Å². The molecule has 0 saturated carbocycles. The van der Waals surface area contributed by atoms with Gasteiger partial charge < -0.3 is 36.5 Å². The lowest BCUT2D eigenvalue weighted by Crippen LogP contribution is -2.41. The van der Waals surface area contributed by atoms with Gasteiger partial charge in [0.25, 0.3) is 0 Å². The molecular formula is C72H80Br3Cl3F3I2N15O6. The first-order chi connectivity index (χ1) is 49.5. The van der Waals surface area contributed by atoms with Gasteiger partial charge in [0.1, 0.15) is 47.7 Å². The summed E-state index contributed by atoms with van der Waals surface area (Å²) in [5.74, 6) is 1.32. The molecule has 0 spiro atoms. The van der Waals surface area contributed by atoms with Crippen molar-refractivity contribution in [2.45, 2.75) is 83.0 Å². The van der Waals surface area contributed by atoms with Crippen molar-refractivity contribution in [3.8, 4) is 11.1 Å². The molecule has 4 fully saturated rings. The monoisotopic (exact) mass is 1900 g/mol. The first kappa shape index (κ1) is 85.4. The smallest absolute Gasteiger partial charge is 0.240 e. The van der Waals surface area contributed by atoms with E-state index in [9.17, 15) is 32.3 Å². The highest BCUT2D eigenvalue weighted by Gasteiger charge is 2.49. The Bertz CT molecular complexity index is 4440. The molecule has 3 amide bonds. The predicted octanol–water partition coefficient (Wildman–Crippen LogP) is 16.5. The highest BCUT2D eigenvalue weighted by Crippen LogP contribution is 2.44. The molecule has 3 atom stereocenters. The summed E-state index contributed by atoms with van der Waals surface area (Å²) in [5.41, 5.74) is 8.04. The number of anilines is 4. The van der Waals surface area contributed by atoms with Gasteiger partial charge in [-0.1, -0.05) is 123 Å². The minimum Gasteiger partial charge on any atom is -0.384 e. The van der Waals surface area contributed by atoms with Crippen molar-refractivity contribution in [2.24, 2.45) is 14.1 Å². The number of aromatic nitrogens is 8. The summed E-state index contributed by atoms with van der Waals surface area (Å²) in [4.78, 5) is 65.0. The second-order valence-electron chi connectivity index (χ2n) is 25.0. The molecule has 0 unspecified atom stereocenters. The van der Waals surface area contributed by atoms with Crippen molar-refractivity contribution in [1.82, 2.24) is 54.6 Å². The van der Waals surface area contributed by atoms with E-state index in [0.29, 0.717) is 75.3 Å². The molecule has 4 aromatic carbocycles. The van der Waals surface area contributed by atoms with Gasteiger partial charge in [0.05, 0.1) is 45.0 Å². The number of alkyl halides is 7. The maximum Gasteiger partial charge on any atom is 0.240 e. The van der Waals surface area contributed by atoms with Gasteiger partial charge in [-0.05, 0) is 159 Å². The second kappa shape index (κ2) is 42.1. The number of carbonyl (C=O) groups excluding carboxylic acids is 4. The zero-order valence-corrected chi connectivity index (χ0v) is 69.1. The average Bonchev–Trinajstić information content (AvgIpc) is 1.67. The summed E-state index contributed by atoms with van der Waals surface area (Å²) in [6.07, 6.45) is 13.6. The molecule has 4 saturated heterocycles. The van der Waals surface area contributed by atoms with Crippen LogP contribution >= 0.6 is 128 Å². The standard InChI is InChI=1S/C19H20FN5O.C15H15BrFN3O.C11H8BrClN2O.C11H18N2O2.C9H7BrN2.C4H8FN.C2H2Cl2O.CH2I2/c1-24-10-16(9-22-24)13-2-3-14-8-21-18(7-15(14)6-13)23-19(26)12-25-5-4-17(20)11-25;16-12-2-1-10-7-18-14(6-11(10)5-12)19-15(21)9-20-4-3-13(17)8-20;12-9-2-1-7-6-14-10(4-8(7)3-9)15-11(16)5-13;1-10(2)11(3,4)15-9(14-10)8-6-12-13(5)7-8;10-8-2-1-6-5-12-9(11)4-7(6)3-8;5-4-1-2-6-3-4;3-1-2(4)5;2-1-3/h2-3,6-10,17H,4-5,11-12H2,1H3,(H,21,23,26);1-2,5-7,13H,3-4,8-9H2,(H,18,19,21);1-4,6H,5H2,(H,14,15,16);6-7,9H,1-5H3;1-5H,(H2,11,12);4,6H,1-3H2;1H2;1H2/t17-;13-;;;;4-;;/m11...1../s1. The van der Waals surface area contributed by atoms with Gasteiger partial charge in [-0.25, -0.2) is 33.1 Å². The number of hydrogen-bond acceptors (Lipinski definition) is 16. The number of halogens is 11. The van der Waals surface area contributed by atoms with Crippen molar-refractivity contribution in [2.75, 3.05) is 88.2 Å². The van der Waals surface area contributed by atoms with E-state index < -0.39 is 23.8 Å². The summed E-state index contributed by atoms with van der Waals surface area (Å²) in [6, 6.07) is 31.2. The summed E-state index contributed by atoms with van der Waals surface area (Å²) >= 11 is 29.7. The highest BCUT2D eigenvalue weighted by molar-refractivity contribution is 14.2. The van der Waals surface area contributed by atoms with Crippen LogP contribution in [-0.2, 0) is 42.7 Å². The van der Waals surface area contributed by atoms with E-state index in [2.05, 4.69) is 150 Å². The maximum atomic E-state index is 13.2. The summed E-state index contributed by atoms with van der Waals surface area (Å²) < 4.78 is 57.6. The molecule has 6 aromatic heterocycles. The molecule has 10 aromatic rings. The highest BCUT2D eigenvalue weighted by atomic mass is 127. The fourth-order valence-electron chi connectivity index (χ4n) is 10.4. The van der Waals surface area contributed by atoms with Gasteiger partial charge in [-0.15, -0.1) is 23.2 Å². The third-order valence-electron chi connectivity index (χ3n) is 16.3. The number of benzene rings is 4. The molecule has 0 bridgehead atoms. The van der Waals surface area contributed by atoms with E-state index in [1.165, 1.54) is 2.43 Å². The molecule has 104 heavy (non-hydrogen) atoms. The van der Waals surface area contributed by atoms with Crippen LogP contribution < -0.4 is 27.0 Å². The van der Waals surface area contributed by atoms with Gasteiger partial charge in [-0.2, -0.15) is 10.2 Å². The fourth-order valence-corrected chi connectivity index (χ4v) is 11.6. The Morgan fingerprint density at radius 3 is 1.34 bits per heavy atom. The molecule has 0 radical (unpaired) electrons. The summed E-state index contributed by atoms with van der Waals surface area (Å²) in [5, 5.41) is 27.1. The molecule has 32 heteroatoms. The Morgan fingerprint density at radius 2 is 0.971 bits per heavy atom. The Labute approximate surface area is 669 Å². The first-order valence-corrected chi connectivity index (χ1v) is 39.4. The van der Waals surface area contributed by atoms with Crippen LogP contribution in [0.3, 0.4) is 0 Å². The number of nitrogens with zero attached hydrogens (tertiary/aromatic N) is 10. The van der Waals surface area contributed by atoms with Crippen LogP contribution in [-0.4, -0.2) is 169 Å². The van der Waals surface area contributed by atoms with E-state index in [0.717, 1.165) is 79.7 Å². The normalized spacial score (nSPS) is 17.1. The van der Waals surface area contributed by atoms with Crippen LogP contribution in [0.5, 0.6) is 0 Å². The Morgan fingerprint density at radius 1 is 0.558 bits per heavy atom. The lowest BCUT2D eigenvalue weighted by atomic mass is 9.90. The van der Waals surface area contributed by atoms with Gasteiger partial charge in [0, 0.05) is 130 Å². The van der Waals surface area contributed by atoms with Crippen molar-refractivity contribution >= 4 is 217 Å². The van der Waals surface area contributed by atoms with Crippen molar-refractivity contribution in [3.63, 3.8) is 0 Å². The lowest BCUT2D eigenvalue weighted by molar-refractivity contribution is -0.118.